The second-order valence-corrected chi connectivity index (χ2v) is 7.47. The van der Waals surface area contributed by atoms with E-state index < -0.39 is 11.9 Å². The molecule has 1 heterocycles. The van der Waals surface area contributed by atoms with Gasteiger partial charge in [0, 0.05) is 13.2 Å². The van der Waals surface area contributed by atoms with Crippen LogP contribution in [0.25, 0.3) is 0 Å². The van der Waals surface area contributed by atoms with Gasteiger partial charge in [-0.3, -0.25) is 9.69 Å². The first kappa shape index (κ1) is 22.8. The van der Waals surface area contributed by atoms with Gasteiger partial charge >= 0.3 is 11.9 Å². The first-order valence-electron chi connectivity index (χ1n) is 9.30. The molecule has 0 aliphatic heterocycles. The van der Waals surface area contributed by atoms with E-state index >= 15 is 0 Å². The van der Waals surface area contributed by atoms with E-state index in [1.165, 1.54) is 7.11 Å². The third kappa shape index (κ3) is 6.25. The second-order valence-electron chi connectivity index (χ2n) is 6.45. The number of ether oxygens (including phenoxy) is 3. The normalized spacial score (nSPS) is 13.1. The van der Waals surface area contributed by atoms with Crippen molar-refractivity contribution in [2.75, 3.05) is 45.3 Å². The lowest BCUT2D eigenvalue weighted by Gasteiger charge is -2.17. The van der Waals surface area contributed by atoms with Crippen LogP contribution in [0.1, 0.15) is 45.4 Å². The van der Waals surface area contributed by atoms with Gasteiger partial charge in [0.25, 0.3) is 0 Å². The SMILES string of the molecule is CCOC(=O)c1c(NC(=O)CN(CC#N)C2CC2)sc(C(=O)OCCOC)c1C. The van der Waals surface area contributed by atoms with Crippen molar-refractivity contribution >= 4 is 34.2 Å². The quantitative estimate of drug-likeness (QED) is 0.326. The summed E-state index contributed by atoms with van der Waals surface area (Å²) in [6.45, 7) is 3.96. The van der Waals surface area contributed by atoms with Crippen LogP contribution < -0.4 is 5.32 Å². The number of anilines is 1. The molecule has 2 rings (SSSR count). The maximum atomic E-state index is 12.5. The minimum atomic E-state index is -0.622. The number of hydrogen-bond acceptors (Lipinski definition) is 9. The van der Waals surface area contributed by atoms with Crippen molar-refractivity contribution < 1.29 is 28.6 Å². The number of carbonyl (C=O) groups is 3. The maximum absolute atomic E-state index is 12.5. The van der Waals surface area contributed by atoms with Crippen LogP contribution in [-0.4, -0.2) is 68.8 Å². The fourth-order valence-electron chi connectivity index (χ4n) is 2.72. The zero-order valence-electron chi connectivity index (χ0n) is 16.8. The van der Waals surface area contributed by atoms with Crippen LogP contribution in [0.3, 0.4) is 0 Å². The van der Waals surface area contributed by atoms with E-state index in [0.717, 1.165) is 24.2 Å². The Morgan fingerprint density at radius 1 is 1.24 bits per heavy atom. The van der Waals surface area contributed by atoms with Gasteiger partial charge in [0.05, 0.1) is 37.9 Å². The summed E-state index contributed by atoms with van der Waals surface area (Å²) < 4.78 is 15.1. The monoisotopic (exact) mass is 423 g/mol. The Morgan fingerprint density at radius 2 is 1.97 bits per heavy atom. The molecule has 1 fully saturated rings. The van der Waals surface area contributed by atoms with Gasteiger partial charge in [0.1, 0.15) is 16.5 Å². The maximum Gasteiger partial charge on any atom is 0.348 e. The van der Waals surface area contributed by atoms with E-state index in [4.69, 9.17) is 19.5 Å². The number of amides is 1. The second kappa shape index (κ2) is 10.9. The summed E-state index contributed by atoms with van der Waals surface area (Å²) >= 11 is 0.968. The first-order chi connectivity index (χ1) is 13.9. The van der Waals surface area contributed by atoms with Gasteiger partial charge in [-0.2, -0.15) is 5.26 Å². The predicted octanol–water partition coefficient (Wildman–Crippen LogP) is 1.96. The van der Waals surface area contributed by atoms with Gasteiger partial charge in [-0.15, -0.1) is 11.3 Å². The number of esters is 2. The fourth-order valence-corrected chi connectivity index (χ4v) is 3.83. The Hall–Kier alpha value is -2.48. The molecule has 1 N–H and O–H groups in total. The molecule has 29 heavy (non-hydrogen) atoms. The van der Waals surface area contributed by atoms with Crippen LogP contribution >= 0.6 is 11.3 Å². The topological polar surface area (TPSA) is 118 Å². The number of nitriles is 1. The summed E-state index contributed by atoms with van der Waals surface area (Å²) in [5, 5.41) is 11.9. The van der Waals surface area contributed by atoms with Crippen molar-refractivity contribution in [3.05, 3.63) is 16.0 Å². The van der Waals surface area contributed by atoms with Crippen molar-refractivity contribution in [3.63, 3.8) is 0 Å². The van der Waals surface area contributed by atoms with E-state index in [-0.39, 0.29) is 60.3 Å². The Kier molecular flexibility index (Phi) is 8.57. The van der Waals surface area contributed by atoms with Crippen molar-refractivity contribution in [2.24, 2.45) is 0 Å². The number of thiophene rings is 1. The molecular formula is C19H25N3O6S. The highest BCUT2D eigenvalue weighted by Crippen LogP contribution is 2.34. The van der Waals surface area contributed by atoms with Crippen LogP contribution in [0, 0.1) is 18.3 Å². The zero-order chi connectivity index (χ0) is 21.4. The molecule has 10 heteroatoms. The smallest absolute Gasteiger partial charge is 0.348 e. The number of hydrogen-bond donors (Lipinski definition) is 1. The number of nitrogens with zero attached hydrogens (tertiary/aromatic N) is 2. The molecule has 1 amide bonds. The van der Waals surface area contributed by atoms with Gasteiger partial charge in [-0.1, -0.05) is 0 Å². The average Bonchev–Trinajstić information content (AvgIpc) is 3.46. The Bertz CT molecular complexity index is 797. The van der Waals surface area contributed by atoms with Gasteiger partial charge < -0.3 is 19.5 Å². The molecule has 0 aromatic carbocycles. The summed E-state index contributed by atoms with van der Waals surface area (Å²) in [5.74, 6) is -1.58. The lowest BCUT2D eigenvalue weighted by Crippen LogP contribution is -2.35. The highest BCUT2D eigenvalue weighted by atomic mass is 32.1. The van der Waals surface area contributed by atoms with Crippen molar-refractivity contribution in [1.82, 2.24) is 4.90 Å². The van der Waals surface area contributed by atoms with Crippen LogP contribution in [0.15, 0.2) is 0 Å². The molecule has 1 aromatic heterocycles. The number of carbonyl (C=O) groups excluding carboxylic acids is 3. The molecular weight excluding hydrogens is 398 g/mol. The molecule has 1 aromatic rings. The van der Waals surface area contributed by atoms with Gasteiger partial charge in [-0.05, 0) is 32.3 Å². The molecule has 0 unspecified atom stereocenters. The largest absolute Gasteiger partial charge is 0.462 e. The van der Waals surface area contributed by atoms with E-state index in [2.05, 4.69) is 11.4 Å². The lowest BCUT2D eigenvalue weighted by atomic mass is 10.1. The third-order valence-electron chi connectivity index (χ3n) is 4.27. The standard InChI is InChI=1S/C19H25N3O6S/c1-4-27-18(24)15-12(2)16(19(25)28-10-9-26-3)29-17(15)21-14(23)11-22(8-7-20)13-5-6-13/h13H,4-6,8-11H2,1-3H3,(H,21,23). The van der Waals surface area contributed by atoms with E-state index in [1.807, 2.05) is 0 Å². The zero-order valence-corrected chi connectivity index (χ0v) is 17.6. The highest BCUT2D eigenvalue weighted by molar-refractivity contribution is 7.18. The van der Waals surface area contributed by atoms with Crippen LogP contribution in [0.5, 0.6) is 0 Å². The fraction of sp³-hybridized carbons (Fsp3) is 0.579. The first-order valence-corrected chi connectivity index (χ1v) is 10.1. The van der Waals surface area contributed by atoms with Crippen LogP contribution in [0.4, 0.5) is 5.00 Å². The molecule has 158 valence electrons. The van der Waals surface area contributed by atoms with Gasteiger partial charge in [0.2, 0.25) is 5.91 Å². The summed E-state index contributed by atoms with van der Waals surface area (Å²) in [7, 11) is 1.49. The van der Waals surface area contributed by atoms with Crippen molar-refractivity contribution in [2.45, 2.75) is 32.7 Å². The molecule has 9 nitrogen and oxygen atoms in total. The van der Waals surface area contributed by atoms with Gasteiger partial charge in [0.15, 0.2) is 0 Å². The minimum Gasteiger partial charge on any atom is -0.462 e. The summed E-state index contributed by atoms with van der Waals surface area (Å²) in [5.41, 5.74) is 0.532. The van der Waals surface area contributed by atoms with Gasteiger partial charge in [-0.25, -0.2) is 9.59 Å². The Balaban J connectivity index is 2.20. The van der Waals surface area contributed by atoms with Crippen molar-refractivity contribution in [3.8, 4) is 6.07 Å². The summed E-state index contributed by atoms with van der Waals surface area (Å²) in [6, 6.07) is 2.30. The van der Waals surface area contributed by atoms with Crippen molar-refractivity contribution in [1.29, 1.82) is 5.26 Å². The van der Waals surface area contributed by atoms with E-state index in [1.54, 1.807) is 18.7 Å². The predicted molar refractivity (Wildman–Crippen MR) is 106 cm³/mol. The average molecular weight is 423 g/mol. The molecule has 1 aliphatic rings. The molecule has 0 radical (unpaired) electrons. The van der Waals surface area contributed by atoms with E-state index in [9.17, 15) is 14.4 Å². The Morgan fingerprint density at radius 3 is 2.55 bits per heavy atom. The summed E-state index contributed by atoms with van der Waals surface area (Å²) in [4.78, 5) is 39.3. The highest BCUT2D eigenvalue weighted by Gasteiger charge is 2.31. The minimum absolute atomic E-state index is 0.0328. The van der Waals surface area contributed by atoms with Crippen LogP contribution in [-0.2, 0) is 19.0 Å². The molecule has 0 atom stereocenters. The lowest BCUT2D eigenvalue weighted by molar-refractivity contribution is -0.117. The number of rotatable bonds is 11. The molecule has 0 spiro atoms. The number of methoxy groups -OCH3 is 1. The molecule has 1 aliphatic carbocycles. The molecule has 0 bridgehead atoms. The summed E-state index contributed by atoms with van der Waals surface area (Å²) in [6.07, 6.45) is 1.91. The number of nitrogens with one attached hydrogen (secondary N) is 1. The molecule has 1 saturated carbocycles. The Labute approximate surface area is 173 Å². The third-order valence-corrected chi connectivity index (χ3v) is 5.46. The van der Waals surface area contributed by atoms with E-state index in [0.29, 0.717) is 5.56 Å². The molecule has 0 saturated heterocycles. The van der Waals surface area contributed by atoms with Crippen LogP contribution in [0.2, 0.25) is 0 Å².